The average Bonchev–Trinajstić information content (AvgIpc) is 2.67. The van der Waals surface area contributed by atoms with Crippen LogP contribution in [0, 0.1) is 11.7 Å². The van der Waals surface area contributed by atoms with Crippen LogP contribution in [0.2, 0.25) is 0 Å². The van der Waals surface area contributed by atoms with E-state index < -0.39 is 0 Å². The Morgan fingerprint density at radius 2 is 1.48 bits per heavy atom. The molecule has 0 saturated heterocycles. The lowest BCUT2D eigenvalue weighted by Gasteiger charge is -2.29. The lowest BCUT2D eigenvalue weighted by Crippen LogP contribution is -2.14. The Hall–Kier alpha value is -1.63. The van der Waals surface area contributed by atoms with Gasteiger partial charge in [0.2, 0.25) is 0 Å². The molecule has 1 atom stereocenters. The fraction of sp³-hybridized carbons (Fsp3) is 0.500. The van der Waals surface area contributed by atoms with Crippen LogP contribution in [-0.4, -0.2) is 0 Å². The quantitative estimate of drug-likeness (QED) is 0.579. The van der Waals surface area contributed by atoms with Crippen molar-refractivity contribution in [3.63, 3.8) is 0 Å². The van der Waals surface area contributed by atoms with E-state index in [-0.39, 0.29) is 5.82 Å². The zero-order chi connectivity index (χ0) is 17.2. The van der Waals surface area contributed by atoms with Crippen molar-refractivity contribution in [3.05, 3.63) is 70.5 Å². The van der Waals surface area contributed by atoms with Crippen LogP contribution in [0.4, 0.5) is 4.39 Å². The maximum atomic E-state index is 13.5. The van der Waals surface area contributed by atoms with Crippen LogP contribution in [0.3, 0.4) is 0 Å². The van der Waals surface area contributed by atoms with Gasteiger partial charge < -0.3 is 0 Å². The van der Waals surface area contributed by atoms with Gasteiger partial charge in [-0.25, -0.2) is 4.39 Å². The van der Waals surface area contributed by atoms with E-state index in [0.717, 1.165) is 24.7 Å². The Labute approximate surface area is 151 Å². The Morgan fingerprint density at radius 1 is 0.800 bits per heavy atom. The first-order valence-electron chi connectivity index (χ1n) is 10.1. The van der Waals surface area contributed by atoms with Crippen LogP contribution in [0.5, 0.6) is 0 Å². The number of fused-ring (bicyclic) bond motifs is 1. The van der Waals surface area contributed by atoms with Crippen molar-refractivity contribution < 1.29 is 4.39 Å². The third-order valence-corrected chi connectivity index (χ3v) is 6.70. The second-order valence-corrected chi connectivity index (χ2v) is 8.15. The minimum absolute atomic E-state index is 0.0996. The van der Waals surface area contributed by atoms with Crippen LogP contribution in [0.1, 0.15) is 79.5 Å². The first-order chi connectivity index (χ1) is 12.2. The lowest BCUT2D eigenvalue weighted by atomic mass is 9.76. The molecule has 1 unspecified atom stereocenters. The maximum absolute atomic E-state index is 13.5. The number of aryl methyl sites for hydroxylation is 1. The van der Waals surface area contributed by atoms with Gasteiger partial charge in [0.25, 0.3) is 0 Å². The molecule has 25 heavy (non-hydrogen) atoms. The van der Waals surface area contributed by atoms with Crippen molar-refractivity contribution in [2.75, 3.05) is 0 Å². The smallest absolute Gasteiger partial charge is 0.123 e. The molecule has 1 fully saturated rings. The standard InChI is InChI=1S/C24H29F/c1-2-17-3-5-18(6-4-17)19-7-9-20(10-8-19)22-12-11-21-13-14-24(25)16-23(21)15-22/h7-10,13-14,16-18,22H,2-6,11-12,15H2,1H3. The van der Waals surface area contributed by atoms with E-state index >= 15 is 0 Å². The van der Waals surface area contributed by atoms with Gasteiger partial charge in [-0.05, 0) is 97.1 Å². The Morgan fingerprint density at radius 3 is 2.16 bits per heavy atom. The van der Waals surface area contributed by atoms with Crippen molar-refractivity contribution >= 4 is 0 Å². The highest BCUT2D eigenvalue weighted by Crippen LogP contribution is 2.38. The van der Waals surface area contributed by atoms with Gasteiger partial charge in [0, 0.05) is 0 Å². The Balaban J connectivity index is 1.44. The SMILES string of the molecule is CCC1CCC(c2ccc(C3CCc4ccc(F)cc4C3)cc2)CC1. The molecule has 0 radical (unpaired) electrons. The van der Waals surface area contributed by atoms with Crippen LogP contribution in [0.15, 0.2) is 42.5 Å². The summed E-state index contributed by atoms with van der Waals surface area (Å²) in [7, 11) is 0. The molecule has 0 nitrogen and oxygen atoms in total. The highest BCUT2D eigenvalue weighted by molar-refractivity contribution is 5.35. The first-order valence-corrected chi connectivity index (χ1v) is 10.1. The molecule has 4 rings (SSSR count). The minimum atomic E-state index is -0.0996. The number of rotatable bonds is 3. The van der Waals surface area contributed by atoms with E-state index in [1.165, 1.54) is 60.8 Å². The average molecular weight is 336 g/mol. The number of hydrogen-bond donors (Lipinski definition) is 0. The van der Waals surface area contributed by atoms with E-state index in [0.29, 0.717) is 5.92 Å². The van der Waals surface area contributed by atoms with Gasteiger partial charge in [-0.3, -0.25) is 0 Å². The molecule has 2 aliphatic carbocycles. The molecule has 1 saturated carbocycles. The van der Waals surface area contributed by atoms with Crippen LogP contribution >= 0.6 is 0 Å². The summed E-state index contributed by atoms with van der Waals surface area (Å²) in [4.78, 5) is 0. The Bertz CT molecular complexity index is 707. The number of hydrogen-bond acceptors (Lipinski definition) is 0. The van der Waals surface area contributed by atoms with Gasteiger partial charge >= 0.3 is 0 Å². The summed E-state index contributed by atoms with van der Waals surface area (Å²) in [5, 5.41) is 0. The largest absolute Gasteiger partial charge is 0.207 e. The molecule has 0 amide bonds. The molecule has 0 aromatic heterocycles. The molecule has 0 heterocycles. The molecule has 132 valence electrons. The fourth-order valence-corrected chi connectivity index (χ4v) is 4.95. The summed E-state index contributed by atoms with van der Waals surface area (Å²) in [6.07, 6.45) is 10.1. The van der Waals surface area contributed by atoms with Crippen LogP contribution in [-0.2, 0) is 12.8 Å². The maximum Gasteiger partial charge on any atom is 0.123 e. The second-order valence-electron chi connectivity index (χ2n) is 8.15. The molecule has 2 aromatic rings. The minimum Gasteiger partial charge on any atom is -0.207 e. The van der Waals surface area contributed by atoms with Crippen molar-refractivity contribution in [1.82, 2.24) is 0 Å². The molecular formula is C24H29F. The van der Waals surface area contributed by atoms with E-state index in [4.69, 9.17) is 0 Å². The molecule has 1 heteroatoms. The zero-order valence-corrected chi connectivity index (χ0v) is 15.3. The van der Waals surface area contributed by atoms with Gasteiger partial charge in [-0.2, -0.15) is 0 Å². The third kappa shape index (κ3) is 3.66. The number of halogens is 1. The lowest BCUT2D eigenvalue weighted by molar-refractivity contribution is 0.319. The molecule has 0 aliphatic heterocycles. The summed E-state index contributed by atoms with van der Waals surface area (Å²) in [6.45, 7) is 2.33. The van der Waals surface area contributed by atoms with Crippen molar-refractivity contribution in [2.24, 2.45) is 5.92 Å². The van der Waals surface area contributed by atoms with Crippen molar-refractivity contribution in [2.45, 2.75) is 70.1 Å². The number of benzene rings is 2. The van der Waals surface area contributed by atoms with Crippen molar-refractivity contribution in [3.8, 4) is 0 Å². The zero-order valence-electron chi connectivity index (χ0n) is 15.3. The van der Waals surface area contributed by atoms with E-state index in [1.54, 1.807) is 12.1 Å². The van der Waals surface area contributed by atoms with Crippen molar-refractivity contribution in [1.29, 1.82) is 0 Å². The van der Waals surface area contributed by atoms with Gasteiger partial charge in [-0.1, -0.05) is 43.7 Å². The fourth-order valence-electron chi connectivity index (χ4n) is 4.95. The van der Waals surface area contributed by atoms with Gasteiger partial charge in [-0.15, -0.1) is 0 Å². The third-order valence-electron chi connectivity index (χ3n) is 6.70. The van der Waals surface area contributed by atoms with E-state index in [1.807, 2.05) is 6.07 Å². The molecule has 2 aromatic carbocycles. The summed E-state index contributed by atoms with van der Waals surface area (Å²) < 4.78 is 13.5. The van der Waals surface area contributed by atoms with Crippen LogP contribution < -0.4 is 0 Å². The van der Waals surface area contributed by atoms with Gasteiger partial charge in [0.15, 0.2) is 0 Å². The summed E-state index contributed by atoms with van der Waals surface area (Å²) in [6, 6.07) is 14.7. The molecule has 2 aliphatic rings. The second kappa shape index (κ2) is 7.32. The van der Waals surface area contributed by atoms with E-state index in [2.05, 4.69) is 31.2 Å². The Kier molecular flexibility index (Phi) is 4.92. The molecule has 0 bridgehead atoms. The highest BCUT2D eigenvalue weighted by Gasteiger charge is 2.23. The summed E-state index contributed by atoms with van der Waals surface area (Å²) in [5.41, 5.74) is 5.50. The van der Waals surface area contributed by atoms with E-state index in [9.17, 15) is 4.39 Å². The topological polar surface area (TPSA) is 0 Å². The molecule has 0 spiro atoms. The first kappa shape index (κ1) is 16.8. The van der Waals surface area contributed by atoms with Crippen LogP contribution in [0.25, 0.3) is 0 Å². The van der Waals surface area contributed by atoms with Gasteiger partial charge in [0.05, 0.1) is 0 Å². The predicted octanol–water partition coefficient (Wildman–Crippen LogP) is 6.78. The normalized spacial score (nSPS) is 26.2. The molecular weight excluding hydrogens is 307 g/mol. The predicted molar refractivity (Wildman–Crippen MR) is 103 cm³/mol. The molecule has 0 N–H and O–H groups in total. The summed E-state index contributed by atoms with van der Waals surface area (Å²) in [5.74, 6) is 2.16. The monoisotopic (exact) mass is 336 g/mol. The summed E-state index contributed by atoms with van der Waals surface area (Å²) >= 11 is 0. The van der Waals surface area contributed by atoms with Gasteiger partial charge in [0.1, 0.15) is 5.82 Å². The highest BCUT2D eigenvalue weighted by atomic mass is 19.1.